The van der Waals surface area contributed by atoms with E-state index in [1.807, 2.05) is 16.9 Å². The van der Waals surface area contributed by atoms with Gasteiger partial charge in [0.2, 0.25) is 0 Å². The number of hydrogen-bond acceptors (Lipinski definition) is 1. The summed E-state index contributed by atoms with van der Waals surface area (Å²) in [6.07, 6.45) is 11.4. The summed E-state index contributed by atoms with van der Waals surface area (Å²) >= 11 is 1.83. The van der Waals surface area contributed by atoms with Crippen molar-refractivity contribution in [3.05, 3.63) is 34.0 Å². The first-order valence-corrected chi connectivity index (χ1v) is 8.04. The van der Waals surface area contributed by atoms with Gasteiger partial charge in [-0.25, -0.2) is 0 Å². The fourth-order valence-corrected chi connectivity index (χ4v) is 5.39. The number of rotatable bonds is 2. The maximum absolute atomic E-state index is 2.59. The van der Waals surface area contributed by atoms with Crippen molar-refractivity contribution in [1.82, 2.24) is 0 Å². The van der Waals surface area contributed by atoms with Crippen LogP contribution in [0.25, 0.3) is 0 Å². The van der Waals surface area contributed by atoms with E-state index in [9.17, 15) is 0 Å². The van der Waals surface area contributed by atoms with E-state index in [4.69, 9.17) is 0 Å². The predicted octanol–water partition coefficient (Wildman–Crippen LogP) is 4.67. The molecule has 17 heavy (non-hydrogen) atoms. The van der Waals surface area contributed by atoms with Crippen LogP contribution in [0.1, 0.15) is 37.7 Å². The molecule has 4 aliphatic carbocycles. The lowest BCUT2D eigenvalue weighted by atomic mass is 9.54. The quantitative estimate of drug-likeness (QED) is 0.663. The molecule has 0 amide bonds. The van der Waals surface area contributed by atoms with Crippen LogP contribution in [0, 0.1) is 23.7 Å². The number of thiophene rings is 1. The number of allylic oxidation sites excluding steroid dienone is 2. The highest BCUT2D eigenvalue weighted by Gasteiger charge is 2.44. The van der Waals surface area contributed by atoms with E-state index in [1.165, 1.54) is 37.7 Å². The summed E-state index contributed by atoms with van der Waals surface area (Å²) in [5, 5.41) is 4.50. The molecule has 0 unspecified atom stereocenters. The second kappa shape index (κ2) is 3.98. The van der Waals surface area contributed by atoms with E-state index < -0.39 is 0 Å². The van der Waals surface area contributed by atoms with Gasteiger partial charge in [-0.3, -0.25) is 0 Å². The Kier molecular flexibility index (Phi) is 2.43. The minimum atomic E-state index is 0.977. The van der Waals surface area contributed by atoms with Crippen LogP contribution in [0.2, 0.25) is 0 Å². The Bertz CT molecular complexity index is 396. The molecule has 0 aliphatic heterocycles. The van der Waals surface area contributed by atoms with Gasteiger partial charge < -0.3 is 0 Å². The third-order valence-corrected chi connectivity index (χ3v) is 5.97. The van der Waals surface area contributed by atoms with Crippen LogP contribution < -0.4 is 0 Å². The molecule has 0 aromatic carbocycles. The van der Waals surface area contributed by atoms with Crippen molar-refractivity contribution in [3.8, 4) is 0 Å². The fourth-order valence-electron chi connectivity index (χ4n) is 4.71. The van der Waals surface area contributed by atoms with Crippen molar-refractivity contribution >= 4 is 11.3 Å². The van der Waals surface area contributed by atoms with Crippen LogP contribution in [0.5, 0.6) is 0 Å². The molecule has 1 aromatic rings. The standard InChI is InChI=1S/C16H20S/c1(11-3-4-17-10-11)2-16-14-6-12-5-13(8-14)9-15(16)7-12/h2-4,10,12-15H,1,5-9H2. The summed E-state index contributed by atoms with van der Waals surface area (Å²) in [7, 11) is 0. The minimum Gasteiger partial charge on any atom is -0.152 e. The molecule has 4 saturated carbocycles. The van der Waals surface area contributed by atoms with Crippen LogP contribution in [0.15, 0.2) is 28.5 Å². The molecule has 0 atom stereocenters. The second-order valence-electron chi connectivity index (χ2n) is 6.34. The molecular weight excluding hydrogens is 224 g/mol. The molecule has 5 rings (SSSR count). The summed E-state index contributed by atoms with van der Waals surface area (Å²) in [6, 6.07) is 2.28. The Morgan fingerprint density at radius 1 is 1.06 bits per heavy atom. The van der Waals surface area contributed by atoms with Crippen molar-refractivity contribution in [2.45, 2.75) is 38.5 Å². The Morgan fingerprint density at radius 3 is 2.35 bits per heavy atom. The lowest BCUT2D eigenvalue weighted by Gasteiger charge is -2.51. The Hall–Kier alpha value is -0.560. The Morgan fingerprint density at radius 2 is 1.76 bits per heavy atom. The first-order valence-electron chi connectivity index (χ1n) is 7.09. The maximum Gasteiger partial charge on any atom is -0.00581 e. The zero-order valence-electron chi connectivity index (χ0n) is 10.3. The topological polar surface area (TPSA) is 0 Å². The van der Waals surface area contributed by atoms with Crippen molar-refractivity contribution in [2.24, 2.45) is 23.7 Å². The highest BCUT2D eigenvalue weighted by atomic mass is 32.1. The SMILES string of the molecule is C(Cc1ccsc1)=C1C2CC3CC(C2)CC1C3. The third-order valence-electron chi connectivity index (χ3n) is 5.23. The Labute approximate surface area is 108 Å². The van der Waals surface area contributed by atoms with Gasteiger partial charge in [-0.1, -0.05) is 11.6 Å². The zero-order valence-corrected chi connectivity index (χ0v) is 11.1. The van der Waals surface area contributed by atoms with E-state index in [0.29, 0.717) is 0 Å². The highest BCUT2D eigenvalue weighted by Crippen LogP contribution is 2.56. The minimum absolute atomic E-state index is 0.977. The fraction of sp³-hybridized carbons (Fsp3) is 0.625. The van der Waals surface area contributed by atoms with Crippen LogP contribution >= 0.6 is 11.3 Å². The van der Waals surface area contributed by atoms with Crippen molar-refractivity contribution in [3.63, 3.8) is 0 Å². The summed E-state index contributed by atoms with van der Waals surface area (Å²) in [5.74, 6) is 4.14. The van der Waals surface area contributed by atoms with E-state index in [1.54, 1.807) is 6.42 Å². The average molecular weight is 244 g/mol. The lowest BCUT2D eigenvalue weighted by Crippen LogP contribution is -2.40. The molecule has 4 fully saturated rings. The van der Waals surface area contributed by atoms with Crippen LogP contribution in [-0.4, -0.2) is 0 Å². The van der Waals surface area contributed by atoms with Gasteiger partial charge in [0, 0.05) is 0 Å². The molecule has 0 nitrogen and oxygen atoms in total. The molecule has 1 heteroatoms. The summed E-state index contributed by atoms with van der Waals surface area (Å²) < 4.78 is 0. The van der Waals surface area contributed by atoms with Crippen LogP contribution in [0.3, 0.4) is 0 Å². The van der Waals surface area contributed by atoms with Crippen molar-refractivity contribution in [2.75, 3.05) is 0 Å². The van der Waals surface area contributed by atoms with Gasteiger partial charge in [0.1, 0.15) is 0 Å². The lowest BCUT2D eigenvalue weighted by molar-refractivity contribution is 0.0693. The summed E-state index contributed by atoms with van der Waals surface area (Å²) in [6.45, 7) is 0. The normalized spacial score (nSPS) is 38.7. The van der Waals surface area contributed by atoms with Crippen LogP contribution in [-0.2, 0) is 6.42 Å². The molecule has 90 valence electrons. The molecular formula is C16H20S. The molecule has 0 spiro atoms. The smallest absolute Gasteiger partial charge is 0.00581 e. The summed E-state index contributed by atoms with van der Waals surface area (Å²) in [4.78, 5) is 0. The van der Waals surface area contributed by atoms with E-state index >= 15 is 0 Å². The zero-order chi connectivity index (χ0) is 11.2. The second-order valence-corrected chi connectivity index (χ2v) is 7.12. The monoisotopic (exact) mass is 244 g/mol. The summed E-state index contributed by atoms with van der Waals surface area (Å²) in [5.41, 5.74) is 3.36. The van der Waals surface area contributed by atoms with Crippen LogP contribution in [0.4, 0.5) is 0 Å². The van der Waals surface area contributed by atoms with Gasteiger partial charge in [-0.05, 0) is 84.6 Å². The molecule has 1 heterocycles. The van der Waals surface area contributed by atoms with Crippen molar-refractivity contribution < 1.29 is 0 Å². The average Bonchev–Trinajstić information content (AvgIpc) is 2.80. The van der Waals surface area contributed by atoms with E-state index in [0.717, 1.165) is 23.7 Å². The van der Waals surface area contributed by atoms with Gasteiger partial charge in [0.15, 0.2) is 0 Å². The van der Waals surface area contributed by atoms with Gasteiger partial charge >= 0.3 is 0 Å². The molecule has 0 saturated heterocycles. The highest BCUT2D eigenvalue weighted by molar-refractivity contribution is 7.07. The first-order chi connectivity index (χ1) is 8.38. The predicted molar refractivity (Wildman–Crippen MR) is 73.2 cm³/mol. The van der Waals surface area contributed by atoms with Gasteiger partial charge in [-0.15, -0.1) is 0 Å². The van der Waals surface area contributed by atoms with Gasteiger partial charge in [0.05, 0.1) is 0 Å². The molecule has 4 aliphatic rings. The number of hydrogen-bond donors (Lipinski definition) is 0. The maximum atomic E-state index is 2.59. The van der Waals surface area contributed by atoms with Gasteiger partial charge in [0.25, 0.3) is 0 Å². The van der Waals surface area contributed by atoms with Gasteiger partial charge in [-0.2, -0.15) is 11.3 Å². The largest absolute Gasteiger partial charge is 0.152 e. The molecule has 1 aromatic heterocycles. The molecule has 0 N–H and O–H groups in total. The first kappa shape index (κ1) is 10.4. The van der Waals surface area contributed by atoms with Crippen molar-refractivity contribution in [1.29, 1.82) is 0 Å². The molecule has 0 radical (unpaired) electrons. The third kappa shape index (κ3) is 1.79. The Balaban J connectivity index is 1.56. The van der Waals surface area contributed by atoms with E-state index in [2.05, 4.69) is 22.9 Å². The van der Waals surface area contributed by atoms with E-state index in [-0.39, 0.29) is 0 Å². The molecule has 4 bridgehead atoms.